The van der Waals surface area contributed by atoms with Crippen molar-refractivity contribution in [3.8, 4) is 0 Å². The van der Waals surface area contributed by atoms with Gasteiger partial charge in [-0.1, -0.05) is 6.42 Å². The van der Waals surface area contributed by atoms with Crippen molar-refractivity contribution in [2.45, 2.75) is 38.1 Å². The number of nitrogens with two attached hydrogens (primary N) is 1. The van der Waals surface area contributed by atoms with Crippen LogP contribution in [0, 0.1) is 0 Å². The molecule has 0 aromatic carbocycles. The first-order chi connectivity index (χ1) is 6.32. The lowest BCUT2D eigenvalue weighted by atomic mass is 9.68. The summed E-state index contributed by atoms with van der Waals surface area (Å²) in [6.45, 7) is 3.74. The molecule has 1 heterocycles. The molecule has 0 spiro atoms. The Bertz CT molecular complexity index is 282. The minimum absolute atomic E-state index is 0.145. The van der Waals surface area contributed by atoms with Gasteiger partial charge < -0.3 is 10.3 Å². The minimum atomic E-state index is 0.145. The van der Waals surface area contributed by atoms with Crippen LogP contribution in [0.4, 0.5) is 0 Å². The molecule has 1 aliphatic carbocycles. The first-order valence-corrected chi connectivity index (χ1v) is 4.91. The van der Waals surface area contributed by atoms with E-state index in [2.05, 4.69) is 21.7 Å². The van der Waals surface area contributed by atoms with Crippen molar-refractivity contribution in [1.29, 1.82) is 0 Å². The van der Waals surface area contributed by atoms with Gasteiger partial charge in [0.2, 0.25) is 0 Å². The molecule has 1 aliphatic rings. The van der Waals surface area contributed by atoms with Gasteiger partial charge in [-0.05, 0) is 19.8 Å². The second kappa shape index (κ2) is 3.10. The molecule has 0 unspecified atom stereocenters. The van der Waals surface area contributed by atoms with Crippen LogP contribution in [-0.2, 0) is 12.0 Å². The molecular weight excluding hydrogens is 164 g/mol. The largest absolute Gasteiger partial charge is 0.329 e. The van der Waals surface area contributed by atoms with Gasteiger partial charge in [-0.25, -0.2) is 0 Å². The molecule has 0 aliphatic heterocycles. The first kappa shape index (κ1) is 8.69. The Morgan fingerprint density at radius 1 is 1.62 bits per heavy atom. The van der Waals surface area contributed by atoms with Crippen LogP contribution in [-0.4, -0.2) is 21.3 Å². The highest BCUT2D eigenvalue weighted by Crippen LogP contribution is 2.41. The number of rotatable bonds is 3. The molecule has 0 saturated heterocycles. The molecule has 1 saturated carbocycles. The van der Waals surface area contributed by atoms with E-state index in [1.165, 1.54) is 19.3 Å². The summed E-state index contributed by atoms with van der Waals surface area (Å²) < 4.78 is 2.10. The van der Waals surface area contributed by atoms with E-state index in [-0.39, 0.29) is 5.41 Å². The average Bonchev–Trinajstić information content (AvgIpc) is 2.52. The molecule has 13 heavy (non-hydrogen) atoms. The second-order valence-electron chi connectivity index (χ2n) is 3.78. The number of hydrogen-bond donors (Lipinski definition) is 1. The standard InChI is InChI=1S/C9H16N4/c1-2-13-7-11-12-8(13)9(6-10)4-3-5-9/h7H,2-6,10H2,1H3. The molecule has 0 radical (unpaired) electrons. The summed E-state index contributed by atoms with van der Waals surface area (Å²) in [7, 11) is 0. The van der Waals surface area contributed by atoms with Crippen LogP contribution >= 0.6 is 0 Å². The fourth-order valence-electron chi connectivity index (χ4n) is 2.02. The number of hydrogen-bond acceptors (Lipinski definition) is 3. The Morgan fingerprint density at radius 3 is 2.85 bits per heavy atom. The van der Waals surface area contributed by atoms with E-state index in [9.17, 15) is 0 Å². The van der Waals surface area contributed by atoms with Crippen LogP contribution in [0.5, 0.6) is 0 Å². The van der Waals surface area contributed by atoms with E-state index in [1.807, 2.05) is 0 Å². The van der Waals surface area contributed by atoms with Gasteiger partial charge in [0.15, 0.2) is 0 Å². The highest BCUT2D eigenvalue weighted by atomic mass is 15.3. The monoisotopic (exact) mass is 180 g/mol. The Kier molecular flexibility index (Phi) is 2.07. The Balaban J connectivity index is 2.32. The van der Waals surface area contributed by atoms with Crippen LogP contribution in [0.1, 0.15) is 32.0 Å². The quantitative estimate of drug-likeness (QED) is 0.744. The van der Waals surface area contributed by atoms with Crippen molar-refractivity contribution in [2.75, 3.05) is 6.54 Å². The SMILES string of the molecule is CCn1cnnc1C1(CN)CCC1. The highest BCUT2D eigenvalue weighted by molar-refractivity contribution is 5.13. The molecule has 0 amide bonds. The molecular formula is C9H16N4. The van der Waals surface area contributed by atoms with Gasteiger partial charge in [0.25, 0.3) is 0 Å². The average molecular weight is 180 g/mol. The molecule has 0 atom stereocenters. The minimum Gasteiger partial charge on any atom is -0.329 e. The van der Waals surface area contributed by atoms with E-state index in [4.69, 9.17) is 5.73 Å². The predicted molar refractivity (Wildman–Crippen MR) is 50.3 cm³/mol. The normalized spacial score (nSPS) is 19.8. The zero-order chi connectivity index (χ0) is 9.31. The summed E-state index contributed by atoms with van der Waals surface area (Å²) >= 11 is 0. The fourth-order valence-corrected chi connectivity index (χ4v) is 2.02. The summed E-state index contributed by atoms with van der Waals surface area (Å²) in [4.78, 5) is 0. The summed E-state index contributed by atoms with van der Waals surface area (Å²) in [6, 6.07) is 0. The van der Waals surface area contributed by atoms with Crippen molar-refractivity contribution in [3.05, 3.63) is 12.2 Å². The second-order valence-corrected chi connectivity index (χ2v) is 3.78. The van der Waals surface area contributed by atoms with Crippen LogP contribution in [0.25, 0.3) is 0 Å². The third kappa shape index (κ3) is 1.16. The molecule has 0 bridgehead atoms. The first-order valence-electron chi connectivity index (χ1n) is 4.91. The van der Waals surface area contributed by atoms with E-state index >= 15 is 0 Å². The van der Waals surface area contributed by atoms with Crippen LogP contribution in [0.15, 0.2) is 6.33 Å². The maximum atomic E-state index is 5.80. The number of nitrogens with zero attached hydrogens (tertiary/aromatic N) is 3. The van der Waals surface area contributed by atoms with Gasteiger partial charge in [0.05, 0.1) is 0 Å². The topological polar surface area (TPSA) is 56.7 Å². The van der Waals surface area contributed by atoms with E-state index in [1.54, 1.807) is 6.33 Å². The molecule has 1 aromatic rings. The Labute approximate surface area is 78.1 Å². The van der Waals surface area contributed by atoms with Gasteiger partial charge >= 0.3 is 0 Å². The smallest absolute Gasteiger partial charge is 0.140 e. The van der Waals surface area contributed by atoms with E-state index in [0.717, 1.165) is 12.4 Å². The molecule has 2 rings (SSSR count). The third-order valence-electron chi connectivity index (χ3n) is 3.13. The van der Waals surface area contributed by atoms with E-state index in [0.29, 0.717) is 6.54 Å². The predicted octanol–water partition coefficient (Wildman–Crippen LogP) is 0.678. The maximum Gasteiger partial charge on any atom is 0.140 e. The lowest BCUT2D eigenvalue weighted by molar-refractivity contribution is 0.230. The summed E-state index contributed by atoms with van der Waals surface area (Å²) in [6.07, 6.45) is 5.41. The molecule has 1 fully saturated rings. The highest BCUT2D eigenvalue weighted by Gasteiger charge is 2.41. The van der Waals surface area contributed by atoms with Crippen LogP contribution in [0.3, 0.4) is 0 Å². The third-order valence-corrected chi connectivity index (χ3v) is 3.13. The van der Waals surface area contributed by atoms with Crippen molar-refractivity contribution in [1.82, 2.24) is 14.8 Å². The van der Waals surface area contributed by atoms with Crippen molar-refractivity contribution < 1.29 is 0 Å². The zero-order valence-corrected chi connectivity index (χ0v) is 8.03. The fraction of sp³-hybridized carbons (Fsp3) is 0.778. The van der Waals surface area contributed by atoms with Crippen molar-refractivity contribution in [3.63, 3.8) is 0 Å². The van der Waals surface area contributed by atoms with Crippen LogP contribution in [0.2, 0.25) is 0 Å². The van der Waals surface area contributed by atoms with Gasteiger partial charge in [-0.2, -0.15) is 0 Å². The van der Waals surface area contributed by atoms with Crippen molar-refractivity contribution >= 4 is 0 Å². The zero-order valence-electron chi connectivity index (χ0n) is 8.03. The Hall–Kier alpha value is -0.900. The van der Waals surface area contributed by atoms with Crippen LogP contribution < -0.4 is 5.73 Å². The van der Waals surface area contributed by atoms with Crippen molar-refractivity contribution in [2.24, 2.45) is 5.73 Å². The summed E-state index contributed by atoms with van der Waals surface area (Å²) in [5.41, 5.74) is 5.95. The number of aryl methyl sites for hydroxylation is 1. The molecule has 72 valence electrons. The van der Waals surface area contributed by atoms with Gasteiger partial charge in [0, 0.05) is 18.5 Å². The Morgan fingerprint density at radius 2 is 2.38 bits per heavy atom. The summed E-state index contributed by atoms with van der Waals surface area (Å²) in [5.74, 6) is 1.09. The molecule has 4 nitrogen and oxygen atoms in total. The summed E-state index contributed by atoms with van der Waals surface area (Å²) in [5, 5.41) is 8.13. The number of aromatic nitrogens is 3. The molecule has 2 N–H and O–H groups in total. The molecule has 4 heteroatoms. The van der Waals surface area contributed by atoms with Gasteiger partial charge in [-0.15, -0.1) is 10.2 Å². The van der Waals surface area contributed by atoms with Gasteiger partial charge in [-0.3, -0.25) is 0 Å². The van der Waals surface area contributed by atoms with E-state index < -0.39 is 0 Å². The molecule has 1 aromatic heterocycles. The maximum absolute atomic E-state index is 5.80. The lowest BCUT2D eigenvalue weighted by Crippen LogP contribution is -2.43. The van der Waals surface area contributed by atoms with Gasteiger partial charge in [0.1, 0.15) is 12.2 Å². The lowest BCUT2D eigenvalue weighted by Gasteiger charge is -2.39.